The zero-order valence-corrected chi connectivity index (χ0v) is 16.7. The first-order valence-electron chi connectivity index (χ1n) is 8.81. The lowest BCUT2D eigenvalue weighted by Crippen LogP contribution is -2.20. The lowest BCUT2D eigenvalue weighted by atomic mass is 10.1. The third-order valence-corrected chi connectivity index (χ3v) is 4.55. The van der Waals surface area contributed by atoms with Crippen molar-refractivity contribution in [2.24, 2.45) is 0 Å². The number of ether oxygens (including phenoxy) is 1. The normalized spacial score (nSPS) is 11.3. The van der Waals surface area contributed by atoms with Crippen molar-refractivity contribution < 1.29 is 27.1 Å². The third-order valence-electron chi connectivity index (χ3n) is 4.29. The molecule has 0 spiro atoms. The summed E-state index contributed by atoms with van der Waals surface area (Å²) < 4.78 is 59.7. The van der Waals surface area contributed by atoms with Crippen LogP contribution in [0.3, 0.4) is 0 Å². The van der Waals surface area contributed by atoms with E-state index in [1.165, 1.54) is 24.4 Å². The first kappa shape index (κ1) is 22.4. The van der Waals surface area contributed by atoms with E-state index in [1.807, 2.05) is 0 Å². The summed E-state index contributed by atoms with van der Waals surface area (Å²) in [5, 5.41) is 2.38. The van der Waals surface area contributed by atoms with Crippen LogP contribution in [-0.2, 0) is 12.2 Å². The molecule has 2 aromatic carbocycles. The molecule has 0 atom stereocenters. The smallest absolute Gasteiger partial charge is 0.416 e. The van der Waals surface area contributed by atoms with Gasteiger partial charge in [-0.3, -0.25) is 9.59 Å². The highest BCUT2D eigenvalue weighted by Crippen LogP contribution is 2.35. The summed E-state index contributed by atoms with van der Waals surface area (Å²) in [5.74, 6) is -1.44. The van der Waals surface area contributed by atoms with Gasteiger partial charge in [-0.15, -0.1) is 11.6 Å². The number of pyridine rings is 1. The van der Waals surface area contributed by atoms with Crippen LogP contribution in [0.2, 0.25) is 0 Å². The highest BCUT2D eigenvalue weighted by molar-refractivity contribution is 6.15. The molecular formula is C21H15ClF4N2O3. The first-order chi connectivity index (χ1) is 14.6. The highest BCUT2D eigenvalue weighted by atomic mass is 35.5. The van der Waals surface area contributed by atoms with E-state index < -0.39 is 34.6 Å². The lowest BCUT2D eigenvalue weighted by molar-refractivity contribution is -0.137. The van der Waals surface area contributed by atoms with Gasteiger partial charge in [-0.1, -0.05) is 0 Å². The van der Waals surface area contributed by atoms with Crippen LogP contribution >= 0.6 is 11.6 Å². The monoisotopic (exact) mass is 454 g/mol. The number of nitrogens with one attached hydrogen (secondary N) is 1. The molecule has 0 bridgehead atoms. The van der Waals surface area contributed by atoms with Gasteiger partial charge < -0.3 is 14.6 Å². The van der Waals surface area contributed by atoms with Crippen LogP contribution in [0.15, 0.2) is 59.5 Å². The van der Waals surface area contributed by atoms with Gasteiger partial charge in [0.15, 0.2) is 0 Å². The number of hydrogen-bond acceptors (Lipinski definition) is 3. The number of rotatable bonds is 5. The molecule has 1 N–H and O–H groups in total. The number of anilines is 1. The fraction of sp³-hybridized carbons (Fsp3) is 0.143. The van der Waals surface area contributed by atoms with Gasteiger partial charge in [-0.2, -0.15) is 13.2 Å². The molecule has 0 saturated heterocycles. The van der Waals surface area contributed by atoms with E-state index in [4.69, 9.17) is 16.3 Å². The maximum Gasteiger partial charge on any atom is 0.416 e. The van der Waals surface area contributed by atoms with Gasteiger partial charge in [0.05, 0.1) is 11.1 Å². The predicted octanol–water partition coefficient (Wildman–Crippen LogP) is 5.56. The van der Waals surface area contributed by atoms with Crippen LogP contribution in [0.25, 0.3) is 0 Å². The van der Waals surface area contributed by atoms with E-state index >= 15 is 0 Å². The minimum atomic E-state index is -4.69. The number of aryl methyl sites for hydroxylation is 1. The fourth-order valence-electron chi connectivity index (χ4n) is 2.70. The SMILES string of the molecule is Cc1cc(F)ccc1Oc1ccc(C(F)(F)F)cc1C(=O)Nc1ccn(CCl)c(=O)c1. The van der Waals surface area contributed by atoms with Crippen LogP contribution in [0.5, 0.6) is 11.5 Å². The van der Waals surface area contributed by atoms with Gasteiger partial charge in [0.1, 0.15) is 23.3 Å². The fourth-order valence-corrected chi connectivity index (χ4v) is 2.90. The number of benzene rings is 2. The largest absolute Gasteiger partial charge is 0.456 e. The number of nitrogens with zero attached hydrogens (tertiary/aromatic N) is 1. The molecule has 31 heavy (non-hydrogen) atoms. The molecule has 0 saturated carbocycles. The van der Waals surface area contributed by atoms with Crippen molar-refractivity contribution in [2.75, 3.05) is 5.32 Å². The number of halogens is 5. The Labute approximate surface area is 178 Å². The molecule has 162 valence electrons. The molecule has 10 heteroatoms. The summed E-state index contributed by atoms with van der Waals surface area (Å²) in [7, 11) is 0. The minimum Gasteiger partial charge on any atom is -0.456 e. The number of aromatic nitrogens is 1. The molecule has 3 rings (SSSR count). The molecule has 3 aromatic rings. The average molecular weight is 455 g/mol. The Hall–Kier alpha value is -3.33. The number of amides is 1. The molecule has 1 aromatic heterocycles. The molecule has 0 aliphatic carbocycles. The summed E-state index contributed by atoms with van der Waals surface area (Å²) in [5.41, 5.74) is -1.53. The minimum absolute atomic E-state index is 0.0673. The number of alkyl halides is 4. The van der Waals surface area contributed by atoms with Crippen LogP contribution < -0.4 is 15.6 Å². The maximum atomic E-state index is 13.3. The number of carbonyl (C=O) groups is 1. The van der Waals surface area contributed by atoms with Crippen LogP contribution in [0.4, 0.5) is 23.2 Å². The topological polar surface area (TPSA) is 60.3 Å². The number of carbonyl (C=O) groups excluding carboxylic acids is 1. The summed E-state index contributed by atoms with van der Waals surface area (Å²) in [6, 6.07) is 8.38. The maximum absolute atomic E-state index is 13.3. The summed E-state index contributed by atoms with van der Waals surface area (Å²) >= 11 is 5.60. The Morgan fingerprint density at radius 1 is 1.10 bits per heavy atom. The van der Waals surface area contributed by atoms with Gasteiger partial charge in [0.2, 0.25) is 0 Å². The Kier molecular flexibility index (Phi) is 6.35. The van der Waals surface area contributed by atoms with Crippen molar-refractivity contribution >= 4 is 23.2 Å². The molecule has 0 aliphatic rings. The average Bonchev–Trinajstić information content (AvgIpc) is 2.69. The zero-order valence-electron chi connectivity index (χ0n) is 16.0. The summed E-state index contributed by atoms with van der Waals surface area (Å²) in [6.07, 6.45) is -3.36. The van der Waals surface area contributed by atoms with Crippen LogP contribution in [-0.4, -0.2) is 10.5 Å². The Bertz CT molecular complexity index is 1190. The van der Waals surface area contributed by atoms with Crippen molar-refractivity contribution in [3.05, 3.63) is 87.6 Å². The van der Waals surface area contributed by atoms with Gasteiger partial charge in [0, 0.05) is 18.0 Å². The van der Waals surface area contributed by atoms with E-state index in [1.54, 1.807) is 6.92 Å². The van der Waals surface area contributed by atoms with Gasteiger partial charge in [-0.05, 0) is 55.0 Å². The summed E-state index contributed by atoms with van der Waals surface area (Å²) in [6.45, 7) is 1.55. The van der Waals surface area contributed by atoms with E-state index in [9.17, 15) is 27.2 Å². The molecule has 0 radical (unpaired) electrons. The predicted molar refractivity (Wildman–Crippen MR) is 107 cm³/mol. The molecule has 0 aliphatic heterocycles. The van der Waals surface area contributed by atoms with Crippen molar-refractivity contribution in [3.63, 3.8) is 0 Å². The van der Waals surface area contributed by atoms with Gasteiger partial charge in [0.25, 0.3) is 11.5 Å². The van der Waals surface area contributed by atoms with Crippen molar-refractivity contribution in [2.45, 2.75) is 19.1 Å². The standard InChI is InChI=1S/C21H15ClF4N2O3/c1-12-8-14(23)3-5-17(12)31-18-4-2-13(21(24,25)26)9-16(18)20(30)27-15-6-7-28(11-22)19(29)10-15/h2-10H,11H2,1H3,(H,27,30). The second-order valence-corrected chi connectivity index (χ2v) is 6.76. The second kappa shape index (κ2) is 8.81. The molecule has 5 nitrogen and oxygen atoms in total. The Balaban J connectivity index is 1.99. The third kappa shape index (κ3) is 5.24. The summed E-state index contributed by atoms with van der Waals surface area (Å²) in [4.78, 5) is 24.6. The van der Waals surface area contributed by atoms with Crippen LogP contribution in [0.1, 0.15) is 21.5 Å². The van der Waals surface area contributed by atoms with Crippen molar-refractivity contribution in [3.8, 4) is 11.5 Å². The quantitative estimate of drug-likeness (QED) is 0.406. The van der Waals surface area contributed by atoms with Gasteiger partial charge >= 0.3 is 6.18 Å². The molecule has 1 amide bonds. The Morgan fingerprint density at radius 3 is 2.42 bits per heavy atom. The lowest BCUT2D eigenvalue weighted by Gasteiger charge is -2.15. The highest BCUT2D eigenvalue weighted by Gasteiger charge is 2.32. The molecular weight excluding hydrogens is 440 g/mol. The molecule has 0 unspecified atom stereocenters. The van der Waals surface area contributed by atoms with E-state index in [0.717, 1.165) is 28.8 Å². The molecule has 0 fully saturated rings. The van der Waals surface area contributed by atoms with Crippen molar-refractivity contribution in [1.29, 1.82) is 0 Å². The van der Waals surface area contributed by atoms with Crippen molar-refractivity contribution in [1.82, 2.24) is 4.57 Å². The van der Waals surface area contributed by atoms with E-state index in [2.05, 4.69) is 5.32 Å². The Morgan fingerprint density at radius 2 is 1.81 bits per heavy atom. The molecule has 1 heterocycles. The first-order valence-corrected chi connectivity index (χ1v) is 9.35. The van der Waals surface area contributed by atoms with Crippen LogP contribution in [0, 0.1) is 12.7 Å². The van der Waals surface area contributed by atoms with Gasteiger partial charge in [-0.25, -0.2) is 4.39 Å². The van der Waals surface area contributed by atoms with E-state index in [0.29, 0.717) is 11.6 Å². The number of hydrogen-bond donors (Lipinski definition) is 1. The van der Waals surface area contributed by atoms with E-state index in [-0.39, 0.29) is 23.2 Å². The zero-order chi connectivity index (χ0) is 22.8. The second-order valence-electron chi connectivity index (χ2n) is 6.52.